The van der Waals surface area contributed by atoms with Crippen LogP contribution in [0.2, 0.25) is 5.02 Å². The molecule has 0 atom stereocenters. The molecule has 2 aromatic rings. The van der Waals surface area contributed by atoms with Crippen LogP contribution in [0, 0.1) is 5.82 Å². The Hall–Kier alpha value is -1.50. The van der Waals surface area contributed by atoms with E-state index < -0.39 is 15.8 Å². The molecule has 20 heavy (non-hydrogen) atoms. The molecule has 0 aliphatic rings. The minimum absolute atomic E-state index is 0.137. The number of nitrogens with one attached hydrogen (secondary N) is 1. The fraction of sp³-hybridized carbons (Fsp3) is 0.154. The van der Waals surface area contributed by atoms with E-state index in [1.54, 1.807) is 18.3 Å². The quantitative estimate of drug-likeness (QED) is 0.922. The molecule has 0 aliphatic carbocycles. The summed E-state index contributed by atoms with van der Waals surface area (Å²) in [5.74, 6) is -0.581. The normalized spacial score (nSPS) is 11.5. The molecule has 1 aromatic heterocycles. The number of benzene rings is 1. The number of hydrogen-bond donors (Lipinski definition) is 1. The van der Waals surface area contributed by atoms with Crippen LogP contribution in [0.3, 0.4) is 0 Å². The molecule has 0 fully saturated rings. The largest absolute Gasteiger partial charge is 0.261 e. The van der Waals surface area contributed by atoms with Crippen molar-refractivity contribution < 1.29 is 12.8 Å². The third kappa shape index (κ3) is 3.75. The van der Waals surface area contributed by atoms with Crippen molar-refractivity contribution in [2.24, 2.45) is 0 Å². The van der Waals surface area contributed by atoms with Crippen LogP contribution in [0.5, 0.6) is 0 Å². The standard InChI is InChI=1S/C13H12ClFN2O2S/c14-12-9-10(15)4-5-13(12)20(18,19)17-8-6-11-3-1-2-7-16-11/h1-5,7,9,17H,6,8H2. The summed E-state index contributed by atoms with van der Waals surface area (Å²) in [5.41, 5.74) is 0.778. The highest BCUT2D eigenvalue weighted by Crippen LogP contribution is 2.21. The molecular formula is C13H12ClFN2O2S. The zero-order valence-corrected chi connectivity index (χ0v) is 12.0. The van der Waals surface area contributed by atoms with E-state index in [-0.39, 0.29) is 16.5 Å². The van der Waals surface area contributed by atoms with Gasteiger partial charge in [0.25, 0.3) is 0 Å². The van der Waals surface area contributed by atoms with E-state index in [0.717, 1.165) is 23.9 Å². The molecule has 0 saturated carbocycles. The molecular weight excluding hydrogens is 303 g/mol. The minimum Gasteiger partial charge on any atom is -0.261 e. The topological polar surface area (TPSA) is 59.1 Å². The van der Waals surface area contributed by atoms with Crippen molar-refractivity contribution in [2.75, 3.05) is 6.54 Å². The fourth-order valence-electron chi connectivity index (χ4n) is 1.63. The lowest BCUT2D eigenvalue weighted by molar-refractivity contribution is 0.580. The maximum absolute atomic E-state index is 12.9. The van der Waals surface area contributed by atoms with Gasteiger partial charge in [-0.3, -0.25) is 4.98 Å². The Morgan fingerprint density at radius 1 is 1.25 bits per heavy atom. The molecule has 1 heterocycles. The molecule has 0 saturated heterocycles. The second kappa shape index (κ2) is 6.30. The van der Waals surface area contributed by atoms with E-state index in [4.69, 9.17) is 11.6 Å². The zero-order chi connectivity index (χ0) is 14.6. The summed E-state index contributed by atoms with van der Waals surface area (Å²) in [6, 6.07) is 8.58. The zero-order valence-electron chi connectivity index (χ0n) is 10.4. The lowest BCUT2D eigenvalue weighted by atomic mass is 10.3. The molecule has 0 aliphatic heterocycles. The van der Waals surface area contributed by atoms with Crippen molar-refractivity contribution in [3.8, 4) is 0 Å². The van der Waals surface area contributed by atoms with Crippen LogP contribution in [0.1, 0.15) is 5.69 Å². The van der Waals surface area contributed by atoms with Gasteiger partial charge in [-0.2, -0.15) is 0 Å². The number of hydrogen-bond acceptors (Lipinski definition) is 3. The van der Waals surface area contributed by atoms with Gasteiger partial charge in [-0.1, -0.05) is 17.7 Å². The maximum atomic E-state index is 12.9. The summed E-state index contributed by atoms with van der Waals surface area (Å²) in [7, 11) is -3.75. The van der Waals surface area contributed by atoms with Gasteiger partial charge in [-0.05, 0) is 30.3 Å². The third-order valence-electron chi connectivity index (χ3n) is 2.58. The van der Waals surface area contributed by atoms with E-state index in [1.165, 1.54) is 0 Å². The van der Waals surface area contributed by atoms with Crippen LogP contribution in [0.25, 0.3) is 0 Å². The molecule has 0 unspecified atom stereocenters. The predicted octanol–water partition coefficient (Wildman–Crippen LogP) is 2.40. The maximum Gasteiger partial charge on any atom is 0.242 e. The fourth-order valence-corrected chi connectivity index (χ4v) is 3.19. The molecule has 2 rings (SSSR count). The first-order valence-electron chi connectivity index (χ1n) is 5.84. The summed E-state index contributed by atoms with van der Waals surface area (Å²) in [5, 5.41) is -0.143. The SMILES string of the molecule is O=S(=O)(NCCc1ccccn1)c1ccc(F)cc1Cl. The first kappa shape index (κ1) is 14.9. The van der Waals surface area contributed by atoms with Crippen molar-refractivity contribution in [1.29, 1.82) is 0 Å². The van der Waals surface area contributed by atoms with Gasteiger partial charge < -0.3 is 0 Å². The molecule has 1 N–H and O–H groups in total. The molecule has 7 heteroatoms. The van der Waals surface area contributed by atoms with Crippen molar-refractivity contribution in [2.45, 2.75) is 11.3 Å². The Morgan fingerprint density at radius 2 is 2.05 bits per heavy atom. The second-order valence-electron chi connectivity index (χ2n) is 4.04. The number of nitrogens with zero attached hydrogens (tertiary/aromatic N) is 1. The minimum atomic E-state index is -3.75. The van der Waals surface area contributed by atoms with E-state index in [9.17, 15) is 12.8 Å². The lowest BCUT2D eigenvalue weighted by Crippen LogP contribution is -2.26. The van der Waals surface area contributed by atoms with Gasteiger partial charge in [-0.15, -0.1) is 0 Å². The first-order valence-corrected chi connectivity index (χ1v) is 7.70. The highest BCUT2D eigenvalue weighted by Gasteiger charge is 2.17. The molecule has 0 spiro atoms. The van der Waals surface area contributed by atoms with Crippen LogP contribution in [0.4, 0.5) is 4.39 Å². The van der Waals surface area contributed by atoms with Crippen LogP contribution in [0.15, 0.2) is 47.5 Å². The number of sulfonamides is 1. The average molecular weight is 315 g/mol. The number of rotatable bonds is 5. The van der Waals surface area contributed by atoms with Gasteiger partial charge in [-0.25, -0.2) is 17.5 Å². The Bertz CT molecular complexity index is 693. The lowest BCUT2D eigenvalue weighted by Gasteiger charge is -2.08. The van der Waals surface area contributed by atoms with Gasteiger partial charge in [0.2, 0.25) is 10.0 Å². The van der Waals surface area contributed by atoms with Gasteiger partial charge in [0, 0.05) is 24.9 Å². The average Bonchev–Trinajstić information content (AvgIpc) is 2.39. The van der Waals surface area contributed by atoms with Crippen molar-refractivity contribution in [3.05, 3.63) is 59.1 Å². The Morgan fingerprint density at radius 3 is 2.70 bits per heavy atom. The smallest absolute Gasteiger partial charge is 0.242 e. The molecule has 0 bridgehead atoms. The summed E-state index contributed by atoms with van der Waals surface area (Å²) in [6.45, 7) is 0.188. The van der Waals surface area contributed by atoms with Crippen LogP contribution in [-0.4, -0.2) is 19.9 Å². The van der Waals surface area contributed by atoms with Crippen LogP contribution < -0.4 is 4.72 Å². The molecule has 1 aromatic carbocycles. The summed E-state index contributed by atoms with van der Waals surface area (Å²) >= 11 is 5.74. The number of aromatic nitrogens is 1. The molecule has 0 amide bonds. The number of halogens is 2. The second-order valence-corrected chi connectivity index (χ2v) is 6.19. The van der Waals surface area contributed by atoms with Gasteiger partial charge in [0.15, 0.2) is 0 Å². The Balaban J connectivity index is 2.04. The highest BCUT2D eigenvalue weighted by atomic mass is 35.5. The van der Waals surface area contributed by atoms with Gasteiger partial charge in [0.05, 0.1) is 5.02 Å². The predicted molar refractivity (Wildman–Crippen MR) is 74.5 cm³/mol. The van der Waals surface area contributed by atoms with Gasteiger partial charge in [0.1, 0.15) is 10.7 Å². The summed E-state index contributed by atoms with van der Waals surface area (Å²) in [4.78, 5) is 3.95. The molecule has 106 valence electrons. The highest BCUT2D eigenvalue weighted by molar-refractivity contribution is 7.89. The monoisotopic (exact) mass is 314 g/mol. The molecule has 0 radical (unpaired) electrons. The van der Waals surface area contributed by atoms with E-state index in [1.807, 2.05) is 6.07 Å². The van der Waals surface area contributed by atoms with Crippen molar-refractivity contribution in [3.63, 3.8) is 0 Å². The van der Waals surface area contributed by atoms with Crippen molar-refractivity contribution in [1.82, 2.24) is 9.71 Å². The van der Waals surface area contributed by atoms with Gasteiger partial charge >= 0.3 is 0 Å². The van der Waals surface area contributed by atoms with Crippen LogP contribution >= 0.6 is 11.6 Å². The van der Waals surface area contributed by atoms with E-state index >= 15 is 0 Å². The van der Waals surface area contributed by atoms with E-state index in [2.05, 4.69) is 9.71 Å². The third-order valence-corrected chi connectivity index (χ3v) is 4.53. The Kier molecular flexibility index (Phi) is 4.69. The number of pyridine rings is 1. The Labute approximate surface area is 121 Å². The van der Waals surface area contributed by atoms with Crippen LogP contribution in [-0.2, 0) is 16.4 Å². The van der Waals surface area contributed by atoms with Crippen molar-refractivity contribution >= 4 is 21.6 Å². The molecule has 4 nitrogen and oxygen atoms in total. The first-order chi connectivity index (χ1) is 9.49. The summed E-state index contributed by atoms with van der Waals surface area (Å²) < 4.78 is 39.3. The summed E-state index contributed by atoms with van der Waals surface area (Å²) in [6.07, 6.45) is 2.10. The van der Waals surface area contributed by atoms with E-state index in [0.29, 0.717) is 6.42 Å².